The molecule has 122 valence electrons. The number of carbonyl (C=O) groups excluding carboxylic acids is 1. The molecule has 0 saturated heterocycles. The molecule has 0 spiro atoms. The van der Waals surface area contributed by atoms with Crippen LogP contribution in [0.2, 0.25) is 0 Å². The van der Waals surface area contributed by atoms with Gasteiger partial charge in [-0.05, 0) is 74.2 Å². The van der Waals surface area contributed by atoms with Crippen molar-refractivity contribution in [3.05, 3.63) is 58.7 Å². The average Bonchev–Trinajstić information content (AvgIpc) is 2.41. The van der Waals surface area contributed by atoms with Crippen LogP contribution >= 0.6 is 0 Å². The third-order valence-corrected chi connectivity index (χ3v) is 3.47. The largest absolute Gasteiger partial charge is 0.482 e. The van der Waals surface area contributed by atoms with Crippen LogP contribution in [0.15, 0.2) is 36.4 Å². The highest BCUT2D eigenvalue weighted by atomic mass is 19.3. The lowest BCUT2D eigenvalue weighted by Crippen LogP contribution is -2.40. The van der Waals surface area contributed by atoms with Crippen molar-refractivity contribution < 1.29 is 18.3 Å². The molecule has 0 aliphatic carbocycles. The standard InChI is InChI=1S/C18H19F2NO2/c1-11-7-12(2)9-16(8-11)23-18(19,20)17(22)21-15-6-5-13(3)14(4)10-15/h5-10H,1-4H3,(H,21,22). The Bertz CT molecular complexity index is 722. The van der Waals surface area contributed by atoms with Crippen LogP contribution in [0.25, 0.3) is 0 Å². The summed E-state index contributed by atoms with van der Waals surface area (Å²) in [5.41, 5.74) is 3.79. The van der Waals surface area contributed by atoms with Gasteiger partial charge in [-0.2, -0.15) is 8.78 Å². The van der Waals surface area contributed by atoms with Gasteiger partial charge in [0.2, 0.25) is 0 Å². The number of amides is 1. The maximum atomic E-state index is 14.0. The van der Waals surface area contributed by atoms with Crippen LogP contribution in [-0.2, 0) is 4.79 Å². The van der Waals surface area contributed by atoms with Gasteiger partial charge in [0.15, 0.2) is 0 Å². The highest BCUT2D eigenvalue weighted by Crippen LogP contribution is 2.25. The van der Waals surface area contributed by atoms with Crippen molar-refractivity contribution in [1.29, 1.82) is 0 Å². The van der Waals surface area contributed by atoms with E-state index in [1.54, 1.807) is 32.0 Å². The summed E-state index contributed by atoms with van der Waals surface area (Å²) < 4.78 is 32.6. The van der Waals surface area contributed by atoms with E-state index in [2.05, 4.69) is 10.1 Å². The topological polar surface area (TPSA) is 38.3 Å². The number of rotatable bonds is 4. The minimum atomic E-state index is -3.96. The molecule has 0 unspecified atom stereocenters. The van der Waals surface area contributed by atoms with E-state index in [0.717, 1.165) is 22.3 Å². The predicted molar refractivity (Wildman–Crippen MR) is 86.0 cm³/mol. The van der Waals surface area contributed by atoms with Crippen LogP contribution < -0.4 is 10.1 Å². The molecule has 1 amide bonds. The molecular formula is C18H19F2NO2. The van der Waals surface area contributed by atoms with Gasteiger partial charge in [0, 0.05) is 5.69 Å². The molecule has 0 aliphatic rings. The maximum Gasteiger partial charge on any atom is 0.482 e. The van der Waals surface area contributed by atoms with Crippen LogP contribution in [0.5, 0.6) is 5.75 Å². The van der Waals surface area contributed by atoms with Crippen LogP contribution in [0.4, 0.5) is 14.5 Å². The fourth-order valence-corrected chi connectivity index (χ4v) is 2.21. The quantitative estimate of drug-likeness (QED) is 0.899. The Morgan fingerprint density at radius 2 is 1.57 bits per heavy atom. The lowest BCUT2D eigenvalue weighted by Gasteiger charge is -2.18. The van der Waals surface area contributed by atoms with Crippen LogP contribution in [-0.4, -0.2) is 12.0 Å². The van der Waals surface area contributed by atoms with Crippen molar-refractivity contribution in [2.75, 3.05) is 5.32 Å². The Kier molecular flexibility index (Phi) is 4.68. The lowest BCUT2D eigenvalue weighted by atomic mass is 10.1. The zero-order valence-electron chi connectivity index (χ0n) is 13.5. The molecule has 0 bridgehead atoms. The van der Waals surface area contributed by atoms with Gasteiger partial charge in [-0.15, -0.1) is 0 Å². The molecule has 23 heavy (non-hydrogen) atoms. The monoisotopic (exact) mass is 319 g/mol. The summed E-state index contributed by atoms with van der Waals surface area (Å²) in [7, 11) is 0. The first-order valence-electron chi connectivity index (χ1n) is 7.21. The second-order valence-corrected chi connectivity index (χ2v) is 5.70. The number of anilines is 1. The highest BCUT2D eigenvalue weighted by Gasteiger charge is 2.42. The van der Waals surface area contributed by atoms with E-state index in [-0.39, 0.29) is 5.75 Å². The molecule has 3 nitrogen and oxygen atoms in total. The van der Waals surface area contributed by atoms with E-state index >= 15 is 0 Å². The fraction of sp³-hybridized carbons (Fsp3) is 0.278. The molecule has 5 heteroatoms. The third-order valence-electron chi connectivity index (χ3n) is 3.47. The molecular weight excluding hydrogens is 300 g/mol. The number of nitrogens with one attached hydrogen (secondary N) is 1. The summed E-state index contributed by atoms with van der Waals surface area (Å²) in [6.07, 6.45) is -3.96. The Morgan fingerprint density at radius 1 is 0.957 bits per heavy atom. The summed E-state index contributed by atoms with van der Waals surface area (Å²) in [4.78, 5) is 11.8. The van der Waals surface area contributed by atoms with Crippen molar-refractivity contribution in [3.8, 4) is 5.75 Å². The van der Waals surface area contributed by atoms with Crippen molar-refractivity contribution >= 4 is 11.6 Å². The fourth-order valence-electron chi connectivity index (χ4n) is 2.21. The number of hydrogen-bond acceptors (Lipinski definition) is 2. The zero-order chi connectivity index (χ0) is 17.2. The summed E-state index contributed by atoms with van der Waals surface area (Å²) >= 11 is 0. The van der Waals surface area contributed by atoms with Gasteiger partial charge >= 0.3 is 12.0 Å². The van der Waals surface area contributed by atoms with Crippen molar-refractivity contribution in [2.45, 2.75) is 33.8 Å². The van der Waals surface area contributed by atoms with Crippen molar-refractivity contribution in [1.82, 2.24) is 0 Å². The average molecular weight is 319 g/mol. The summed E-state index contributed by atoms with van der Waals surface area (Å²) in [6.45, 7) is 7.29. The number of carbonyl (C=O) groups is 1. The second kappa shape index (κ2) is 6.36. The van der Waals surface area contributed by atoms with E-state index in [0.29, 0.717) is 5.69 Å². The van der Waals surface area contributed by atoms with E-state index < -0.39 is 12.0 Å². The molecule has 2 aromatic rings. The van der Waals surface area contributed by atoms with E-state index in [1.165, 1.54) is 12.1 Å². The third kappa shape index (κ3) is 4.28. The number of benzene rings is 2. The first-order chi connectivity index (χ1) is 10.7. The Balaban J connectivity index is 2.14. The zero-order valence-corrected chi connectivity index (χ0v) is 13.5. The normalized spacial score (nSPS) is 11.2. The molecule has 2 aromatic carbocycles. The van der Waals surface area contributed by atoms with Crippen LogP contribution in [0.1, 0.15) is 22.3 Å². The molecule has 0 aliphatic heterocycles. The van der Waals surface area contributed by atoms with Crippen LogP contribution in [0, 0.1) is 27.7 Å². The molecule has 2 rings (SSSR count). The number of alkyl halides is 2. The minimum Gasteiger partial charge on any atom is -0.425 e. The van der Waals surface area contributed by atoms with Gasteiger partial charge in [0.05, 0.1) is 0 Å². The van der Waals surface area contributed by atoms with Gasteiger partial charge in [0.25, 0.3) is 0 Å². The van der Waals surface area contributed by atoms with Gasteiger partial charge in [-0.25, -0.2) is 0 Å². The van der Waals surface area contributed by atoms with Crippen molar-refractivity contribution in [3.63, 3.8) is 0 Å². The molecule has 0 saturated carbocycles. The Hall–Kier alpha value is -2.43. The Morgan fingerprint density at radius 3 is 2.13 bits per heavy atom. The molecule has 0 fully saturated rings. The van der Waals surface area contributed by atoms with Gasteiger partial charge in [0.1, 0.15) is 5.75 Å². The maximum absolute atomic E-state index is 14.0. The molecule has 0 atom stereocenters. The first-order valence-corrected chi connectivity index (χ1v) is 7.21. The van der Waals surface area contributed by atoms with Crippen LogP contribution in [0.3, 0.4) is 0 Å². The SMILES string of the molecule is Cc1cc(C)cc(OC(F)(F)C(=O)Nc2ccc(C)c(C)c2)c1. The summed E-state index contributed by atoms with van der Waals surface area (Å²) in [5, 5.41) is 2.19. The predicted octanol–water partition coefficient (Wildman–Crippen LogP) is 4.53. The highest BCUT2D eigenvalue weighted by molar-refractivity contribution is 5.95. The number of aryl methyl sites for hydroxylation is 4. The van der Waals surface area contributed by atoms with Gasteiger partial charge in [-0.1, -0.05) is 12.1 Å². The molecule has 0 radical (unpaired) electrons. The minimum absolute atomic E-state index is 0.0391. The Labute approximate surface area is 134 Å². The summed E-state index contributed by atoms with van der Waals surface area (Å²) in [6, 6.07) is 9.73. The van der Waals surface area contributed by atoms with E-state index in [9.17, 15) is 13.6 Å². The first kappa shape index (κ1) is 16.9. The smallest absolute Gasteiger partial charge is 0.425 e. The van der Waals surface area contributed by atoms with E-state index in [4.69, 9.17) is 0 Å². The van der Waals surface area contributed by atoms with Gasteiger partial charge in [-0.3, -0.25) is 4.79 Å². The lowest BCUT2D eigenvalue weighted by molar-refractivity contribution is -0.187. The summed E-state index contributed by atoms with van der Waals surface area (Å²) in [5.74, 6) is -1.54. The molecule has 0 heterocycles. The molecule has 0 aromatic heterocycles. The van der Waals surface area contributed by atoms with Crippen molar-refractivity contribution in [2.24, 2.45) is 0 Å². The molecule has 1 N–H and O–H groups in total. The number of halogens is 2. The second-order valence-electron chi connectivity index (χ2n) is 5.70. The number of ether oxygens (including phenoxy) is 1. The van der Waals surface area contributed by atoms with Gasteiger partial charge < -0.3 is 10.1 Å². The number of hydrogen-bond donors (Lipinski definition) is 1. The van der Waals surface area contributed by atoms with E-state index in [1.807, 2.05) is 19.9 Å².